The van der Waals surface area contributed by atoms with Crippen molar-refractivity contribution in [1.82, 2.24) is 5.16 Å². The topological polar surface area (TPSA) is 72.6 Å². The van der Waals surface area contributed by atoms with Crippen molar-refractivity contribution in [3.63, 3.8) is 0 Å². The number of carboxylic acid groups (broad SMARTS) is 1. The molecule has 0 aliphatic rings. The lowest BCUT2D eigenvalue weighted by Gasteiger charge is -2.02. The minimum atomic E-state index is -1.17. The summed E-state index contributed by atoms with van der Waals surface area (Å²) in [6.07, 6.45) is 0. The molecule has 2 rings (SSSR count). The molecule has 0 aliphatic carbocycles. The highest BCUT2D eigenvalue weighted by Crippen LogP contribution is 2.33. The van der Waals surface area contributed by atoms with E-state index < -0.39 is 5.97 Å². The summed E-state index contributed by atoms with van der Waals surface area (Å²) in [4.78, 5) is 11.0. The third kappa shape index (κ3) is 1.99. The average Bonchev–Trinajstić information content (AvgIpc) is 2.72. The number of carbonyl (C=O) groups is 1. The van der Waals surface area contributed by atoms with E-state index in [1.165, 1.54) is 7.11 Å². The third-order valence-electron chi connectivity index (χ3n) is 2.36. The van der Waals surface area contributed by atoms with Gasteiger partial charge in [-0.15, -0.1) is 0 Å². The lowest BCUT2D eigenvalue weighted by Crippen LogP contribution is -1.97. The quantitative estimate of drug-likeness (QED) is 0.880. The first-order valence-corrected chi connectivity index (χ1v) is 4.97. The van der Waals surface area contributed by atoms with Crippen molar-refractivity contribution in [2.45, 2.75) is 6.92 Å². The summed E-state index contributed by atoms with van der Waals surface area (Å²) in [6, 6.07) is 7.39. The molecule has 2 aromatic rings. The van der Waals surface area contributed by atoms with E-state index in [2.05, 4.69) is 5.16 Å². The van der Waals surface area contributed by atoms with E-state index in [1.807, 2.05) is 25.1 Å². The number of aromatic nitrogens is 1. The van der Waals surface area contributed by atoms with Gasteiger partial charge in [-0.1, -0.05) is 29.8 Å². The van der Waals surface area contributed by atoms with Crippen molar-refractivity contribution >= 4 is 5.97 Å². The highest BCUT2D eigenvalue weighted by atomic mass is 16.5. The molecule has 0 fully saturated rings. The van der Waals surface area contributed by atoms with Gasteiger partial charge in [0, 0.05) is 0 Å². The Hall–Kier alpha value is -2.30. The second-order valence-corrected chi connectivity index (χ2v) is 3.57. The van der Waals surface area contributed by atoms with Crippen LogP contribution in [0.4, 0.5) is 0 Å². The molecule has 0 saturated carbocycles. The number of nitrogens with zero attached hydrogens (tertiary/aromatic N) is 1. The normalized spacial score (nSPS) is 10.2. The van der Waals surface area contributed by atoms with Crippen LogP contribution in [0.5, 0.6) is 5.88 Å². The average molecular weight is 233 g/mol. The number of carboxylic acids is 1. The van der Waals surface area contributed by atoms with E-state index in [0.29, 0.717) is 11.1 Å². The second kappa shape index (κ2) is 4.29. The Morgan fingerprint density at radius 1 is 1.47 bits per heavy atom. The molecule has 0 unspecified atom stereocenters. The molecule has 5 heteroatoms. The molecule has 88 valence electrons. The minimum absolute atomic E-state index is 0.174. The summed E-state index contributed by atoms with van der Waals surface area (Å²) in [5.74, 6) is -1.21. The van der Waals surface area contributed by atoms with Crippen molar-refractivity contribution in [3.8, 4) is 17.0 Å². The fourth-order valence-electron chi connectivity index (χ4n) is 1.62. The second-order valence-electron chi connectivity index (χ2n) is 3.57. The predicted octanol–water partition coefficient (Wildman–Crippen LogP) is 2.36. The van der Waals surface area contributed by atoms with Gasteiger partial charge in [-0.25, -0.2) is 4.79 Å². The zero-order chi connectivity index (χ0) is 12.4. The summed E-state index contributed by atoms with van der Waals surface area (Å²) in [7, 11) is 1.42. The first-order chi connectivity index (χ1) is 8.13. The molecular formula is C12H11NO4. The van der Waals surface area contributed by atoms with Crippen LogP contribution in [0.15, 0.2) is 28.8 Å². The third-order valence-corrected chi connectivity index (χ3v) is 2.36. The van der Waals surface area contributed by atoms with Crippen LogP contribution < -0.4 is 4.74 Å². The van der Waals surface area contributed by atoms with Crippen molar-refractivity contribution < 1.29 is 19.2 Å². The van der Waals surface area contributed by atoms with Crippen LogP contribution in [0.2, 0.25) is 0 Å². The Morgan fingerprint density at radius 2 is 2.24 bits per heavy atom. The number of aromatic carboxylic acids is 1. The van der Waals surface area contributed by atoms with Gasteiger partial charge in [-0.3, -0.25) is 0 Å². The molecule has 5 nitrogen and oxygen atoms in total. The van der Waals surface area contributed by atoms with Gasteiger partial charge in [0.1, 0.15) is 5.56 Å². The van der Waals surface area contributed by atoms with Gasteiger partial charge in [0.15, 0.2) is 0 Å². The van der Waals surface area contributed by atoms with Gasteiger partial charge in [-0.05, 0) is 17.6 Å². The number of rotatable bonds is 3. The number of hydrogen-bond acceptors (Lipinski definition) is 4. The molecule has 1 aromatic heterocycles. The zero-order valence-electron chi connectivity index (χ0n) is 9.43. The molecule has 0 atom stereocenters. The molecule has 0 saturated heterocycles. The van der Waals surface area contributed by atoms with E-state index in [9.17, 15) is 4.79 Å². The first-order valence-electron chi connectivity index (χ1n) is 4.97. The zero-order valence-corrected chi connectivity index (χ0v) is 9.43. The van der Waals surface area contributed by atoms with E-state index in [-0.39, 0.29) is 11.6 Å². The van der Waals surface area contributed by atoms with Crippen LogP contribution in [0, 0.1) is 6.92 Å². The van der Waals surface area contributed by atoms with E-state index >= 15 is 0 Å². The fourth-order valence-corrected chi connectivity index (χ4v) is 1.62. The number of benzene rings is 1. The molecule has 0 amide bonds. The van der Waals surface area contributed by atoms with Gasteiger partial charge >= 0.3 is 5.97 Å². The van der Waals surface area contributed by atoms with Gasteiger partial charge < -0.3 is 14.4 Å². The van der Waals surface area contributed by atoms with E-state index in [0.717, 1.165) is 5.56 Å². The summed E-state index contributed by atoms with van der Waals surface area (Å²) in [6.45, 7) is 1.92. The van der Waals surface area contributed by atoms with Gasteiger partial charge in [-0.2, -0.15) is 0 Å². The summed E-state index contributed by atoms with van der Waals surface area (Å²) in [5.41, 5.74) is 2.09. The monoisotopic (exact) mass is 233 g/mol. The van der Waals surface area contributed by atoms with Crippen LogP contribution in [0.25, 0.3) is 11.1 Å². The Morgan fingerprint density at radius 3 is 2.82 bits per heavy atom. The number of methoxy groups -OCH3 is 1. The van der Waals surface area contributed by atoms with Crippen molar-refractivity contribution in [2.75, 3.05) is 7.11 Å². The fraction of sp³-hybridized carbons (Fsp3) is 0.167. The molecule has 1 N–H and O–H groups in total. The van der Waals surface area contributed by atoms with Gasteiger partial charge in [0.25, 0.3) is 11.6 Å². The van der Waals surface area contributed by atoms with Crippen LogP contribution >= 0.6 is 0 Å². The maximum atomic E-state index is 11.0. The van der Waals surface area contributed by atoms with Crippen LogP contribution in [-0.4, -0.2) is 23.3 Å². The maximum Gasteiger partial charge on any atom is 0.375 e. The van der Waals surface area contributed by atoms with Gasteiger partial charge in [0.2, 0.25) is 0 Å². The van der Waals surface area contributed by atoms with Crippen LogP contribution in [0.1, 0.15) is 16.1 Å². The molecule has 0 radical (unpaired) electrons. The van der Waals surface area contributed by atoms with Crippen LogP contribution in [-0.2, 0) is 0 Å². The van der Waals surface area contributed by atoms with Crippen molar-refractivity contribution in [3.05, 3.63) is 35.6 Å². The van der Waals surface area contributed by atoms with E-state index in [1.54, 1.807) is 6.07 Å². The Kier molecular flexibility index (Phi) is 2.82. The highest BCUT2D eigenvalue weighted by Gasteiger charge is 2.23. The molecule has 17 heavy (non-hydrogen) atoms. The molecule has 0 aliphatic heterocycles. The van der Waals surface area contributed by atoms with E-state index in [4.69, 9.17) is 14.4 Å². The first kappa shape index (κ1) is 11.2. The molecule has 1 heterocycles. The molecular weight excluding hydrogens is 222 g/mol. The lowest BCUT2D eigenvalue weighted by atomic mass is 10.0. The highest BCUT2D eigenvalue weighted by molar-refractivity contribution is 5.94. The largest absolute Gasteiger partial charge is 0.478 e. The summed E-state index contributed by atoms with van der Waals surface area (Å²) >= 11 is 0. The van der Waals surface area contributed by atoms with Crippen molar-refractivity contribution in [2.24, 2.45) is 0 Å². The number of ether oxygens (including phenoxy) is 1. The molecule has 1 aromatic carbocycles. The summed E-state index contributed by atoms with van der Waals surface area (Å²) in [5, 5.41) is 12.6. The smallest absolute Gasteiger partial charge is 0.375 e. The van der Waals surface area contributed by atoms with Crippen LogP contribution in [0.3, 0.4) is 0 Å². The Labute approximate surface area is 97.6 Å². The molecule has 0 spiro atoms. The van der Waals surface area contributed by atoms with Gasteiger partial charge in [0.05, 0.1) is 7.11 Å². The Balaban J connectivity index is 2.64. The minimum Gasteiger partial charge on any atom is -0.478 e. The predicted molar refractivity (Wildman–Crippen MR) is 60.2 cm³/mol. The maximum absolute atomic E-state index is 11.0. The SMILES string of the molecule is COc1noc(C(=O)O)c1-c1cccc(C)c1. The summed E-state index contributed by atoms with van der Waals surface area (Å²) < 4.78 is 9.77. The number of aryl methyl sites for hydroxylation is 1. The van der Waals surface area contributed by atoms with Crippen molar-refractivity contribution in [1.29, 1.82) is 0 Å². The lowest BCUT2D eigenvalue weighted by molar-refractivity contribution is 0.0653. The standard InChI is InChI=1S/C12H11NO4/c1-7-4-3-5-8(6-7)9-10(12(14)15)17-13-11(9)16-2/h3-6H,1-2H3,(H,14,15). The molecule has 0 bridgehead atoms. The Bertz CT molecular complexity index is 559. The number of hydrogen-bond donors (Lipinski definition) is 1.